The molecule has 210 valence electrons. The van der Waals surface area contributed by atoms with Gasteiger partial charge in [-0.3, -0.25) is 0 Å². The Bertz CT molecular complexity index is 2290. The van der Waals surface area contributed by atoms with Crippen molar-refractivity contribution in [3.8, 4) is 51.7 Å². The molecule has 0 saturated carbocycles. The highest BCUT2D eigenvalue weighted by molar-refractivity contribution is 6.09. The Labute approximate surface area is 261 Å². The summed E-state index contributed by atoms with van der Waals surface area (Å²) >= 11 is 0. The van der Waals surface area contributed by atoms with E-state index in [0.29, 0.717) is 17.5 Å². The zero-order valence-electron chi connectivity index (χ0n) is 24.3. The molecule has 8 rings (SSSR count). The van der Waals surface area contributed by atoms with Gasteiger partial charge in [-0.15, -0.1) is 0 Å². The van der Waals surface area contributed by atoms with Crippen LogP contribution in [0.15, 0.2) is 158 Å². The van der Waals surface area contributed by atoms with Crippen LogP contribution in [0.25, 0.3) is 61.7 Å². The monoisotopic (exact) mass is 574 g/mol. The Kier molecular flexibility index (Phi) is 6.67. The van der Waals surface area contributed by atoms with E-state index in [1.54, 1.807) is 0 Å². The van der Waals surface area contributed by atoms with Crippen molar-refractivity contribution in [2.45, 2.75) is 0 Å². The van der Waals surface area contributed by atoms with Gasteiger partial charge < -0.3 is 4.57 Å². The standard InChI is InChI=1S/C41H26N4/c1-4-12-31(13-5-1)39-42-40(32-14-6-2-7-15-32)44-41(43-39)33-25-22-29(23-26-33)20-21-30-24-27-38-36(28-30)35-18-10-11-19-37(35)45(38)34-16-8-3-9-17-34/h1-19,22-28H. The molecule has 2 aromatic heterocycles. The molecule has 0 aliphatic carbocycles. The number of benzene rings is 6. The first-order chi connectivity index (χ1) is 22.3. The molecular formula is C41H26N4. The Morgan fingerprint density at radius 1 is 0.378 bits per heavy atom. The summed E-state index contributed by atoms with van der Waals surface area (Å²) in [4.78, 5) is 14.5. The molecule has 0 unspecified atom stereocenters. The maximum Gasteiger partial charge on any atom is 0.164 e. The molecule has 0 amide bonds. The number of para-hydroxylation sites is 2. The summed E-state index contributed by atoms with van der Waals surface area (Å²) in [6.07, 6.45) is 0. The number of aromatic nitrogens is 4. The van der Waals surface area contributed by atoms with Crippen LogP contribution in [-0.4, -0.2) is 19.5 Å². The Balaban J connectivity index is 1.13. The van der Waals surface area contributed by atoms with Crippen molar-refractivity contribution >= 4 is 21.8 Å². The molecular weight excluding hydrogens is 548 g/mol. The first kappa shape index (κ1) is 26.3. The average Bonchev–Trinajstić information content (AvgIpc) is 3.45. The van der Waals surface area contributed by atoms with Gasteiger partial charge in [0.1, 0.15) is 0 Å². The van der Waals surface area contributed by atoms with E-state index in [4.69, 9.17) is 15.0 Å². The molecule has 0 atom stereocenters. The minimum absolute atomic E-state index is 0.627. The summed E-state index contributed by atoms with van der Waals surface area (Å²) in [7, 11) is 0. The van der Waals surface area contributed by atoms with Crippen molar-refractivity contribution < 1.29 is 0 Å². The van der Waals surface area contributed by atoms with E-state index in [1.807, 2.05) is 91.0 Å². The normalized spacial score (nSPS) is 10.9. The molecule has 4 heteroatoms. The topological polar surface area (TPSA) is 43.6 Å². The van der Waals surface area contributed by atoms with Gasteiger partial charge >= 0.3 is 0 Å². The van der Waals surface area contributed by atoms with Gasteiger partial charge in [0.2, 0.25) is 0 Å². The first-order valence-electron chi connectivity index (χ1n) is 14.9. The second kappa shape index (κ2) is 11.4. The van der Waals surface area contributed by atoms with Crippen LogP contribution >= 0.6 is 0 Å². The van der Waals surface area contributed by atoms with E-state index in [2.05, 4.69) is 83.1 Å². The molecule has 6 aromatic carbocycles. The smallest absolute Gasteiger partial charge is 0.164 e. The predicted molar refractivity (Wildman–Crippen MR) is 183 cm³/mol. The molecule has 0 saturated heterocycles. The fraction of sp³-hybridized carbons (Fsp3) is 0. The summed E-state index contributed by atoms with van der Waals surface area (Å²) in [5.74, 6) is 8.66. The minimum Gasteiger partial charge on any atom is -0.309 e. The molecule has 0 N–H and O–H groups in total. The zero-order valence-corrected chi connectivity index (χ0v) is 24.3. The maximum atomic E-state index is 4.84. The van der Waals surface area contributed by atoms with E-state index in [1.165, 1.54) is 21.8 Å². The largest absolute Gasteiger partial charge is 0.309 e. The van der Waals surface area contributed by atoms with Gasteiger partial charge in [0, 0.05) is 44.3 Å². The van der Waals surface area contributed by atoms with E-state index in [9.17, 15) is 0 Å². The van der Waals surface area contributed by atoms with Crippen molar-refractivity contribution in [2.75, 3.05) is 0 Å². The predicted octanol–water partition coefficient (Wildman–Crippen LogP) is 9.37. The lowest BCUT2D eigenvalue weighted by atomic mass is 10.1. The Morgan fingerprint density at radius 3 is 1.47 bits per heavy atom. The Morgan fingerprint density at radius 2 is 0.844 bits per heavy atom. The third-order valence-electron chi connectivity index (χ3n) is 7.88. The summed E-state index contributed by atoms with van der Waals surface area (Å²) in [5, 5.41) is 2.40. The SMILES string of the molecule is C(#Cc1ccc2c(c1)c1ccccc1n2-c1ccccc1)c1ccc(-c2nc(-c3ccccc3)nc(-c3ccccc3)n2)cc1. The number of rotatable bonds is 4. The molecule has 0 bridgehead atoms. The molecule has 2 heterocycles. The third-order valence-corrected chi connectivity index (χ3v) is 7.88. The molecule has 0 fully saturated rings. The fourth-order valence-electron chi connectivity index (χ4n) is 5.69. The molecule has 0 radical (unpaired) electrons. The molecule has 45 heavy (non-hydrogen) atoms. The highest BCUT2D eigenvalue weighted by Gasteiger charge is 2.13. The Hall–Kier alpha value is -6.31. The van der Waals surface area contributed by atoms with Crippen LogP contribution in [0.2, 0.25) is 0 Å². The van der Waals surface area contributed by atoms with Crippen LogP contribution in [0.1, 0.15) is 11.1 Å². The fourth-order valence-corrected chi connectivity index (χ4v) is 5.69. The van der Waals surface area contributed by atoms with Gasteiger partial charge in [-0.25, -0.2) is 15.0 Å². The van der Waals surface area contributed by atoms with Gasteiger partial charge in [0.15, 0.2) is 17.5 Å². The highest BCUT2D eigenvalue weighted by atomic mass is 15.0. The zero-order chi connectivity index (χ0) is 30.0. The van der Waals surface area contributed by atoms with Crippen molar-refractivity contribution in [2.24, 2.45) is 0 Å². The molecule has 4 nitrogen and oxygen atoms in total. The molecule has 0 aliphatic rings. The van der Waals surface area contributed by atoms with Crippen LogP contribution in [0, 0.1) is 11.8 Å². The number of hydrogen-bond donors (Lipinski definition) is 0. The van der Waals surface area contributed by atoms with Crippen LogP contribution in [0.4, 0.5) is 0 Å². The van der Waals surface area contributed by atoms with E-state index >= 15 is 0 Å². The second-order valence-corrected chi connectivity index (χ2v) is 10.8. The highest BCUT2D eigenvalue weighted by Crippen LogP contribution is 2.32. The molecule has 0 spiro atoms. The first-order valence-corrected chi connectivity index (χ1v) is 14.9. The second-order valence-electron chi connectivity index (χ2n) is 10.8. The van der Waals surface area contributed by atoms with Gasteiger partial charge in [-0.2, -0.15) is 0 Å². The molecule has 0 aliphatic heterocycles. The maximum absolute atomic E-state index is 4.84. The lowest BCUT2D eigenvalue weighted by molar-refractivity contribution is 1.07. The average molecular weight is 575 g/mol. The quantitative estimate of drug-likeness (QED) is 0.197. The van der Waals surface area contributed by atoms with Crippen LogP contribution in [0.5, 0.6) is 0 Å². The van der Waals surface area contributed by atoms with Gasteiger partial charge in [0.05, 0.1) is 11.0 Å². The van der Waals surface area contributed by atoms with E-state index in [-0.39, 0.29) is 0 Å². The van der Waals surface area contributed by atoms with E-state index < -0.39 is 0 Å². The summed E-state index contributed by atoms with van der Waals surface area (Å²) < 4.78 is 2.31. The summed E-state index contributed by atoms with van der Waals surface area (Å²) in [6.45, 7) is 0. The summed E-state index contributed by atoms with van der Waals surface area (Å²) in [6, 6.07) is 53.6. The lowest BCUT2D eigenvalue weighted by Crippen LogP contribution is -2.00. The van der Waals surface area contributed by atoms with E-state index in [0.717, 1.165) is 33.5 Å². The number of nitrogens with zero attached hydrogens (tertiary/aromatic N) is 4. The van der Waals surface area contributed by atoms with Crippen molar-refractivity contribution in [1.82, 2.24) is 19.5 Å². The van der Waals surface area contributed by atoms with Crippen LogP contribution in [0.3, 0.4) is 0 Å². The number of hydrogen-bond acceptors (Lipinski definition) is 3. The lowest BCUT2D eigenvalue weighted by Gasteiger charge is -2.08. The van der Waals surface area contributed by atoms with Crippen LogP contribution < -0.4 is 0 Å². The summed E-state index contributed by atoms with van der Waals surface area (Å²) in [5.41, 5.74) is 8.20. The molecule has 8 aromatic rings. The minimum atomic E-state index is 0.627. The van der Waals surface area contributed by atoms with Gasteiger partial charge in [-0.1, -0.05) is 109 Å². The third kappa shape index (κ3) is 5.14. The van der Waals surface area contributed by atoms with Crippen molar-refractivity contribution in [3.05, 3.63) is 169 Å². The van der Waals surface area contributed by atoms with Gasteiger partial charge in [0.25, 0.3) is 0 Å². The van der Waals surface area contributed by atoms with Crippen molar-refractivity contribution in [1.29, 1.82) is 0 Å². The van der Waals surface area contributed by atoms with Gasteiger partial charge in [-0.05, 0) is 60.7 Å². The van der Waals surface area contributed by atoms with Crippen molar-refractivity contribution in [3.63, 3.8) is 0 Å². The van der Waals surface area contributed by atoms with Crippen LogP contribution in [-0.2, 0) is 0 Å². The number of fused-ring (bicyclic) bond motifs is 3.